The third-order valence-electron chi connectivity index (χ3n) is 3.66. The fraction of sp³-hybridized carbons (Fsp3) is 0.571. The van der Waals surface area contributed by atoms with Gasteiger partial charge in [0.2, 0.25) is 0 Å². The second kappa shape index (κ2) is 6.84. The van der Waals surface area contributed by atoms with Gasteiger partial charge in [-0.3, -0.25) is 15.0 Å². The van der Waals surface area contributed by atoms with Crippen LogP contribution in [0.5, 0.6) is 5.75 Å². The molecule has 0 radical (unpaired) electrons. The summed E-state index contributed by atoms with van der Waals surface area (Å²) in [6.45, 7) is 3.74. The van der Waals surface area contributed by atoms with E-state index in [0.29, 0.717) is 19.7 Å². The zero-order valence-electron chi connectivity index (χ0n) is 12.2. The Hall–Kier alpha value is -1.70. The molecule has 2 rings (SSSR count). The van der Waals surface area contributed by atoms with Gasteiger partial charge in [0.05, 0.1) is 31.4 Å². The Morgan fingerprint density at radius 3 is 2.95 bits per heavy atom. The van der Waals surface area contributed by atoms with Gasteiger partial charge in [-0.1, -0.05) is 6.07 Å². The van der Waals surface area contributed by atoms with Gasteiger partial charge < -0.3 is 14.6 Å². The molecule has 1 heterocycles. The van der Waals surface area contributed by atoms with Crippen LogP contribution in [-0.2, 0) is 11.3 Å². The monoisotopic (exact) mass is 296 g/mol. The summed E-state index contributed by atoms with van der Waals surface area (Å²) in [5.41, 5.74) is 0.808. The summed E-state index contributed by atoms with van der Waals surface area (Å²) in [7, 11) is 1.41. The van der Waals surface area contributed by atoms with E-state index >= 15 is 0 Å². The average molecular weight is 296 g/mol. The highest BCUT2D eigenvalue weighted by Gasteiger charge is 2.26. The molecule has 2 atom stereocenters. The van der Waals surface area contributed by atoms with Gasteiger partial charge in [-0.15, -0.1) is 0 Å². The number of morpholine rings is 1. The zero-order chi connectivity index (χ0) is 15.4. The topological polar surface area (TPSA) is 85.1 Å². The molecule has 21 heavy (non-hydrogen) atoms. The van der Waals surface area contributed by atoms with Crippen molar-refractivity contribution in [3.8, 4) is 5.75 Å². The van der Waals surface area contributed by atoms with E-state index in [-0.39, 0.29) is 30.2 Å². The van der Waals surface area contributed by atoms with Crippen LogP contribution in [0.15, 0.2) is 18.2 Å². The van der Waals surface area contributed by atoms with Crippen molar-refractivity contribution in [1.82, 2.24) is 4.90 Å². The second-order valence-electron chi connectivity index (χ2n) is 5.18. The van der Waals surface area contributed by atoms with Gasteiger partial charge in [0, 0.05) is 25.2 Å². The Bertz CT molecular complexity index is 508. The van der Waals surface area contributed by atoms with Gasteiger partial charge in [-0.25, -0.2) is 0 Å². The minimum Gasteiger partial charge on any atom is -0.490 e. The summed E-state index contributed by atoms with van der Waals surface area (Å²) >= 11 is 0. The standard InChI is InChI=1S/C14H20N2O5/c1-10-9-21-12(8-17)7-15(10)6-11-3-4-14(20-2)13(5-11)16(18)19/h3-5,10,12,17H,6-9H2,1-2H3. The minimum atomic E-state index is -0.443. The number of ether oxygens (including phenoxy) is 2. The molecule has 1 aromatic rings. The lowest BCUT2D eigenvalue weighted by Crippen LogP contribution is -2.48. The first-order valence-electron chi connectivity index (χ1n) is 6.83. The lowest BCUT2D eigenvalue weighted by atomic mass is 10.1. The van der Waals surface area contributed by atoms with Crippen molar-refractivity contribution in [3.05, 3.63) is 33.9 Å². The number of aliphatic hydroxyl groups excluding tert-OH is 1. The highest BCUT2D eigenvalue weighted by Crippen LogP contribution is 2.28. The summed E-state index contributed by atoms with van der Waals surface area (Å²) in [6, 6.07) is 5.17. The molecule has 7 heteroatoms. The van der Waals surface area contributed by atoms with Crippen molar-refractivity contribution < 1.29 is 19.5 Å². The summed E-state index contributed by atoms with van der Waals surface area (Å²) in [6.07, 6.45) is -0.200. The van der Waals surface area contributed by atoms with Crippen LogP contribution in [0.3, 0.4) is 0 Å². The Morgan fingerprint density at radius 1 is 1.57 bits per heavy atom. The van der Waals surface area contributed by atoms with Crippen molar-refractivity contribution in [1.29, 1.82) is 0 Å². The van der Waals surface area contributed by atoms with Gasteiger partial charge in [-0.2, -0.15) is 0 Å². The third kappa shape index (κ3) is 3.69. The van der Waals surface area contributed by atoms with Crippen LogP contribution in [0.2, 0.25) is 0 Å². The molecule has 1 fully saturated rings. The van der Waals surface area contributed by atoms with Crippen LogP contribution in [0, 0.1) is 10.1 Å². The van der Waals surface area contributed by atoms with Gasteiger partial charge in [0.1, 0.15) is 0 Å². The lowest BCUT2D eigenvalue weighted by Gasteiger charge is -2.37. The van der Waals surface area contributed by atoms with E-state index in [4.69, 9.17) is 9.47 Å². The molecule has 116 valence electrons. The SMILES string of the molecule is COc1ccc(CN2CC(CO)OCC2C)cc1[N+](=O)[O-]. The Labute approximate surface area is 123 Å². The fourth-order valence-corrected chi connectivity index (χ4v) is 2.42. The number of hydrogen-bond acceptors (Lipinski definition) is 6. The van der Waals surface area contributed by atoms with E-state index < -0.39 is 4.92 Å². The van der Waals surface area contributed by atoms with Crippen LogP contribution < -0.4 is 4.74 Å². The summed E-state index contributed by atoms with van der Waals surface area (Å²) < 4.78 is 10.5. The van der Waals surface area contributed by atoms with Crippen molar-refractivity contribution in [3.63, 3.8) is 0 Å². The van der Waals surface area contributed by atoms with Gasteiger partial charge in [0.15, 0.2) is 5.75 Å². The van der Waals surface area contributed by atoms with Crippen molar-refractivity contribution in [2.45, 2.75) is 25.6 Å². The number of rotatable bonds is 5. The van der Waals surface area contributed by atoms with E-state index in [0.717, 1.165) is 5.56 Å². The molecular weight excluding hydrogens is 276 g/mol. The summed E-state index contributed by atoms with van der Waals surface area (Å²) in [5.74, 6) is 0.256. The van der Waals surface area contributed by atoms with Gasteiger partial charge in [0.25, 0.3) is 0 Å². The van der Waals surface area contributed by atoms with E-state index in [1.165, 1.54) is 13.2 Å². The smallest absolute Gasteiger partial charge is 0.311 e. The average Bonchev–Trinajstić information content (AvgIpc) is 2.49. The number of hydrogen-bond donors (Lipinski definition) is 1. The molecule has 1 aliphatic heterocycles. The van der Waals surface area contributed by atoms with Gasteiger partial charge in [-0.05, 0) is 18.6 Å². The quantitative estimate of drug-likeness (QED) is 0.649. The maximum atomic E-state index is 11.0. The Balaban J connectivity index is 2.15. The molecule has 0 aromatic heterocycles. The predicted octanol–water partition coefficient (Wildman–Crippen LogP) is 1.18. The molecule has 0 saturated carbocycles. The normalized spacial score (nSPS) is 23.0. The van der Waals surface area contributed by atoms with Crippen molar-refractivity contribution >= 4 is 5.69 Å². The lowest BCUT2D eigenvalue weighted by molar-refractivity contribution is -0.385. The van der Waals surface area contributed by atoms with Crippen LogP contribution in [0.1, 0.15) is 12.5 Å². The molecule has 1 N–H and O–H groups in total. The van der Waals surface area contributed by atoms with Crippen molar-refractivity contribution in [2.75, 3.05) is 26.9 Å². The van der Waals surface area contributed by atoms with E-state index in [1.807, 2.05) is 13.0 Å². The van der Waals surface area contributed by atoms with Gasteiger partial charge >= 0.3 is 5.69 Å². The first-order chi connectivity index (χ1) is 10.0. The number of nitrogens with zero attached hydrogens (tertiary/aromatic N) is 2. The summed E-state index contributed by atoms with van der Waals surface area (Å²) in [5, 5.41) is 20.2. The van der Waals surface area contributed by atoms with E-state index in [9.17, 15) is 15.2 Å². The molecule has 0 aliphatic carbocycles. The minimum absolute atomic E-state index is 0.0218. The Kier molecular flexibility index (Phi) is 5.11. The molecule has 0 bridgehead atoms. The van der Waals surface area contributed by atoms with E-state index in [1.54, 1.807) is 6.07 Å². The van der Waals surface area contributed by atoms with Crippen LogP contribution in [0.25, 0.3) is 0 Å². The van der Waals surface area contributed by atoms with Crippen LogP contribution in [0.4, 0.5) is 5.69 Å². The Morgan fingerprint density at radius 2 is 2.33 bits per heavy atom. The highest BCUT2D eigenvalue weighted by atomic mass is 16.6. The number of nitro groups is 1. The number of methoxy groups -OCH3 is 1. The molecule has 1 saturated heterocycles. The maximum absolute atomic E-state index is 11.0. The van der Waals surface area contributed by atoms with Crippen LogP contribution >= 0.6 is 0 Å². The van der Waals surface area contributed by atoms with E-state index in [2.05, 4.69) is 4.90 Å². The molecular formula is C14H20N2O5. The first-order valence-corrected chi connectivity index (χ1v) is 6.83. The van der Waals surface area contributed by atoms with Crippen LogP contribution in [-0.4, -0.2) is 53.9 Å². The third-order valence-corrected chi connectivity index (χ3v) is 3.66. The molecule has 0 spiro atoms. The molecule has 2 unspecified atom stereocenters. The molecule has 7 nitrogen and oxygen atoms in total. The molecule has 1 aromatic carbocycles. The predicted molar refractivity (Wildman–Crippen MR) is 76.3 cm³/mol. The number of aliphatic hydroxyl groups is 1. The maximum Gasteiger partial charge on any atom is 0.311 e. The number of nitro benzene ring substituents is 1. The van der Waals surface area contributed by atoms with Crippen molar-refractivity contribution in [2.24, 2.45) is 0 Å². The fourth-order valence-electron chi connectivity index (χ4n) is 2.42. The molecule has 0 amide bonds. The first kappa shape index (κ1) is 15.7. The summed E-state index contributed by atoms with van der Waals surface area (Å²) in [4.78, 5) is 12.8. The number of benzene rings is 1. The largest absolute Gasteiger partial charge is 0.490 e. The zero-order valence-corrected chi connectivity index (χ0v) is 12.2. The highest BCUT2D eigenvalue weighted by molar-refractivity contribution is 5.48. The second-order valence-corrected chi connectivity index (χ2v) is 5.18. The molecule has 1 aliphatic rings.